The number of hydrogen-bond acceptors (Lipinski definition) is 4. The van der Waals surface area contributed by atoms with Crippen molar-refractivity contribution in [1.29, 1.82) is 0 Å². The number of fused-ring (bicyclic) bond motifs is 1. The second-order valence-corrected chi connectivity index (χ2v) is 6.76. The number of urea groups is 1. The van der Waals surface area contributed by atoms with Crippen LogP contribution in [0.2, 0.25) is 0 Å². The minimum absolute atomic E-state index is 0.0406. The van der Waals surface area contributed by atoms with E-state index in [0.717, 1.165) is 25.0 Å². The van der Waals surface area contributed by atoms with E-state index in [4.69, 9.17) is 4.74 Å². The van der Waals surface area contributed by atoms with Crippen LogP contribution in [-0.2, 0) is 17.8 Å². The lowest BCUT2D eigenvalue weighted by Gasteiger charge is -2.15. The zero-order valence-corrected chi connectivity index (χ0v) is 15.0. The molecule has 1 aromatic carbocycles. The molecule has 0 aliphatic carbocycles. The van der Waals surface area contributed by atoms with Crippen LogP contribution in [0.1, 0.15) is 42.9 Å². The molecule has 2 heterocycles. The standard InChI is InChI=1S/C18H24N4O4/c1-11(2)20-18(25)19-9-16-21-14-8-12(17(23)24)5-6-15(14)22(16)10-13-4-3-7-26-13/h5-6,8,11,13H,3-4,7,9-10H2,1-2H3,(H,23,24)(H2,19,20,25). The van der Waals surface area contributed by atoms with Gasteiger partial charge in [-0.05, 0) is 44.9 Å². The first-order chi connectivity index (χ1) is 12.4. The molecule has 8 nitrogen and oxygen atoms in total. The Kier molecular flexibility index (Phi) is 5.41. The quantitative estimate of drug-likeness (QED) is 0.732. The summed E-state index contributed by atoms with van der Waals surface area (Å²) >= 11 is 0. The van der Waals surface area contributed by atoms with Gasteiger partial charge in [0.1, 0.15) is 5.82 Å². The molecule has 3 rings (SSSR count). The lowest BCUT2D eigenvalue weighted by Crippen LogP contribution is -2.39. The van der Waals surface area contributed by atoms with Gasteiger partial charge in [-0.25, -0.2) is 14.6 Å². The average Bonchev–Trinajstić information content (AvgIpc) is 3.20. The molecule has 2 aromatic rings. The molecule has 1 atom stereocenters. The first kappa shape index (κ1) is 18.2. The van der Waals surface area contributed by atoms with Crippen molar-refractivity contribution in [3.05, 3.63) is 29.6 Å². The van der Waals surface area contributed by atoms with E-state index in [-0.39, 0.29) is 30.3 Å². The number of rotatable bonds is 6. The first-order valence-electron chi connectivity index (χ1n) is 8.82. The molecule has 1 aliphatic heterocycles. The molecule has 0 spiro atoms. The van der Waals surface area contributed by atoms with Crippen LogP contribution in [0.3, 0.4) is 0 Å². The highest BCUT2D eigenvalue weighted by atomic mass is 16.5. The number of benzene rings is 1. The molecular weight excluding hydrogens is 336 g/mol. The molecule has 26 heavy (non-hydrogen) atoms. The predicted molar refractivity (Wildman–Crippen MR) is 96.2 cm³/mol. The van der Waals surface area contributed by atoms with Crippen LogP contribution in [0.25, 0.3) is 11.0 Å². The Morgan fingerprint density at radius 2 is 2.23 bits per heavy atom. The van der Waals surface area contributed by atoms with Gasteiger partial charge in [-0.15, -0.1) is 0 Å². The summed E-state index contributed by atoms with van der Waals surface area (Å²) in [6, 6.07) is 4.67. The number of aromatic nitrogens is 2. The Morgan fingerprint density at radius 3 is 2.88 bits per heavy atom. The van der Waals surface area contributed by atoms with Gasteiger partial charge in [0, 0.05) is 12.6 Å². The van der Waals surface area contributed by atoms with Gasteiger partial charge in [0.2, 0.25) is 0 Å². The van der Waals surface area contributed by atoms with E-state index in [1.165, 1.54) is 0 Å². The molecule has 8 heteroatoms. The summed E-state index contributed by atoms with van der Waals surface area (Å²) in [6.45, 7) is 5.41. The highest BCUT2D eigenvalue weighted by Gasteiger charge is 2.20. The van der Waals surface area contributed by atoms with Crippen LogP contribution in [0.4, 0.5) is 4.79 Å². The summed E-state index contributed by atoms with van der Waals surface area (Å²) in [5, 5.41) is 14.8. The number of carboxylic acid groups (broad SMARTS) is 1. The smallest absolute Gasteiger partial charge is 0.335 e. The number of amides is 2. The molecule has 0 bridgehead atoms. The third-order valence-corrected chi connectivity index (χ3v) is 4.31. The van der Waals surface area contributed by atoms with Gasteiger partial charge in [-0.3, -0.25) is 0 Å². The Balaban J connectivity index is 1.88. The summed E-state index contributed by atoms with van der Waals surface area (Å²) in [4.78, 5) is 27.6. The van der Waals surface area contributed by atoms with E-state index in [1.807, 2.05) is 18.4 Å². The van der Waals surface area contributed by atoms with Gasteiger partial charge < -0.3 is 25.0 Å². The molecule has 0 saturated carbocycles. The zero-order chi connectivity index (χ0) is 18.7. The van der Waals surface area contributed by atoms with Gasteiger partial charge in [0.15, 0.2) is 0 Å². The van der Waals surface area contributed by atoms with Crippen LogP contribution in [0.5, 0.6) is 0 Å². The molecule has 1 fully saturated rings. The third kappa shape index (κ3) is 4.13. The maximum Gasteiger partial charge on any atom is 0.335 e. The molecule has 1 aromatic heterocycles. The Morgan fingerprint density at radius 1 is 1.42 bits per heavy atom. The Hall–Kier alpha value is -2.61. The van der Waals surface area contributed by atoms with Crippen LogP contribution in [0, 0.1) is 0 Å². The SMILES string of the molecule is CC(C)NC(=O)NCc1nc2cc(C(=O)O)ccc2n1CC1CCCO1. The maximum absolute atomic E-state index is 11.9. The van der Waals surface area contributed by atoms with E-state index >= 15 is 0 Å². The van der Waals surface area contributed by atoms with Crippen LogP contribution < -0.4 is 10.6 Å². The molecule has 2 amide bonds. The number of carbonyl (C=O) groups is 2. The molecule has 0 radical (unpaired) electrons. The number of ether oxygens (including phenoxy) is 1. The number of carboxylic acids is 1. The lowest BCUT2D eigenvalue weighted by molar-refractivity contribution is 0.0697. The van der Waals surface area contributed by atoms with Crippen molar-refractivity contribution in [2.45, 2.75) is 51.9 Å². The van der Waals surface area contributed by atoms with Gasteiger partial charge in [-0.1, -0.05) is 0 Å². The van der Waals surface area contributed by atoms with E-state index in [2.05, 4.69) is 15.6 Å². The first-order valence-corrected chi connectivity index (χ1v) is 8.82. The van der Waals surface area contributed by atoms with Crippen LogP contribution in [-0.4, -0.2) is 45.4 Å². The van der Waals surface area contributed by atoms with Crippen molar-refractivity contribution in [3.8, 4) is 0 Å². The van der Waals surface area contributed by atoms with Crippen LogP contribution in [0.15, 0.2) is 18.2 Å². The van der Waals surface area contributed by atoms with Crippen molar-refractivity contribution in [1.82, 2.24) is 20.2 Å². The maximum atomic E-state index is 11.9. The molecular formula is C18H24N4O4. The van der Waals surface area contributed by atoms with E-state index < -0.39 is 5.97 Å². The Labute approximate surface area is 151 Å². The van der Waals surface area contributed by atoms with Gasteiger partial charge in [0.05, 0.1) is 35.8 Å². The van der Waals surface area contributed by atoms with E-state index in [0.29, 0.717) is 17.9 Å². The van der Waals surface area contributed by atoms with Gasteiger partial charge in [-0.2, -0.15) is 0 Å². The molecule has 1 unspecified atom stereocenters. The minimum atomic E-state index is -0.989. The highest BCUT2D eigenvalue weighted by molar-refractivity contribution is 5.92. The average molecular weight is 360 g/mol. The largest absolute Gasteiger partial charge is 0.478 e. The second kappa shape index (κ2) is 7.74. The number of nitrogens with zero attached hydrogens (tertiary/aromatic N) is 2. The van der Waals surface area contributed by atoms with Crippen LogP contribution >= 0.6 is 0 Å². The third-order valence-electron chi connectivity index (χ3n) is 4.31. The fourth-order valence-electron chi connectivity index (χ4n) is 3.12. The van der Waals surface area contributed by atoms with E-state index in [9.17, 15) is 14.7 Å². The summed E-state index contributed by atoms with van der Waals surface area (Å²) in [5.74, 6) is -0.312. The Bertz CT molecular complexity index is 809. The molecule has 3 N–H and O–H groups in total. The van der Waals surface area contributed by atoms with Gasteiger partial charge >= 0.3 is 12.0 Å². The normalized spacial score (nSPS) is 17.0. The summed E-state index contributed by atoms with van der Waals surface area (Å²) in [5.41, 5.74) is 1.63. The monoisotopic (exact) mass is 360 g/mol. The molecule has 140 valence electrons. The van der Waals surface area contributed by atoms with Crippen molar-refractivity contribution < 1.29 is 19.4 Å². The number of hydrogen-bond donors (Lipinski definition) is 3. The number of imidazole rings is 1. The summed E-state index contributed by atoms with van der Waals surface area (Å²) in [7, 11) is 0. The second-order valence-electron chi connectivity index (χ2n) is 6.76. The number of aromatic carboxylic acids is 1. The zero-order valence-electron chi connectivity index (χ0n) is 15.0. The predicted octanol–water partition coefficient (Wildman–Crippen LogP) is 2.12. The number of carbonyl (C=O) groups excluding carboxylic acids is 1. The fourth-order valence-corrected chi connectivity index (χ4v) is 3.12. The fraction of sp³-hybridized carbons (Fsp3) is 0.500. The lowest BCUT2D eigenvalue weighted by atomic mass is 10.2. The topological polar surface area (TPSA) is 105 Å². The molecule has 1 aliphatic rings. The van der Waals surface area contributed by atoms with Crippen molar-refractivity contribution in [2.75, 3.05) is 6.61 Å². The van der Waals surface area contributed by atoms with Gasteiger partial charge in [0.25, 0.3) is 0 Å². The van der Waals surface area contributed by atoms with Crippen molar-refractivity contribution >= 4 is 23.0 Å². The summed E-state index contributed by atoms with van der Waals surface area (Å²) < 4.78 is 7.73. The minimum Gasteiger partial charge on any atom is -0.478 e. The molecule has 1 saturated heterocycles. The summed E-state index contributed by atoms with van der Waals surface area (Å²) in [6.07, 6.45) is 2.12. The van der Waals surface area contributed by atoms with Crippen molar-refractivity contribution in [3.63, 3.8) is 0 Å². The van der Waals surface area contributed by atoms with Crippen molar-refractivity contribution in [2.24, 2.45) is 0 Å². The van der Waals surface area contributed by atoms with E-state index in [1.54, 1.807) is 18.2 Å². The highest BCUT2D eigenvalue weighted by Crippen LogP contribution is 2.22. The number of nitrogens with one attached hydrogen (secondary N) is 2.